The van der Waals surface area contributed by atoms with Crippen molar-refractivity contribution in [2.45, 2.75) is 65.3 Å². The highest BCUT2D eigenvalue weighted by Gasteiger charge is 2.28. The van der Waals surface area contributed by atoms with E-state index in [1.54, 1.807) is 0 Å². The number of hydrogen-bond donors (Lipinski definition) is 2. The van der Waals surface area contributed by atoms with Gasteiger partial charge in [0.25, 0.3) is 0 Å². The van der Waals surface area contributed by atoms with Gasteiger partial charge in [-0.15, -0.1) is 0 Å². The highest BCUT2D eigenvalue weighted by molar-refractivity contribution is 5.74. The molecule has 2 aliphatic rings. The summed E-state index contributed by atoms with van der Waals surface area (Å²) in [4.78, 5) is 16.8. The number of carbonyl (C=O) groups is 1. The average Bonchev–Trinajstić information content (AvgIpc) is 2.59. The minimum atomic E-state index is -0.0478. The molecule has 0 radical (unpaired) electrons. The molecule has 140 valence electrons. The summed E-state index contributed by atoms with van der Waals surface area (Å²) < 4.78 is 0. The van der Waals surface area contributed by atoms with E-state index in [0.717, 1.165) is 51.0 Å². The Bertz CT molecular complexity index is 384. The maximum atomic E-state index is 12.3. The van der Waals surface area contributed by atoms with Gasteiger partial charge in [-0.2, -0.15) is 0 Å². The lowest BCUT2D eigenvalue weighted by Gasteiger charge is -2.41. The number of hydrogen-bond acceptors (Lipinski definition) is 3. The number of nitrogens with one attached hydrogen (secondary N) is 1. The lowest BCUT2D eigenvalue weighted by Crippen LogP contribution is -2.54. The molecular formula is C19H37N3O2. The predicted molar refractivity (Wildman–Crippen MR) is 98.1 cm³/mol. The number of rotatable bonds is 6. The third-order valence-electron chi connectivity index (χ3n) is 5.84. The molecule has 1 heterocycles. The lowest BCUT2D eigenvalue weighted by molar-refractivity contribution is 0.0831. The van der Waals surface area contributed by atoms with E-state index < -0.39 is 0 Å². The van der Waals surface area contributed by atoms with Crippen LogP contribution in [0.15, 0.2) is 0 Å². The van der Waals surface area contributed by atoms with Crippen molar-refractivity contribution in [3.8, 4) is 0 Å². The quantitative estimate of drug-likeness (QED) is 0.732. The zero-order chi connectivity index (χ0) is 17.6. The molecule has 0 aromatic rings. The van der Waals surface area contributed by atoms with Crippen molar-refractivity contribution < 1.29 is 9.90 Å². The fourth-order valence-corrected chi connectivity index (χ4v) is 3.85. The van der Waals surface area contributed by atoms with Crippen LogP contribution >= 0.6 is 0 Å². The summed E-state index contributed by atoms with van der Waals surface area (Å²) in [5.74, 6) is 0.893. The van der Waals surface area contributed by atoms with Crippen molar-refractivity contribution in [1.82, 2.24) is 15.1 Å². The van der Waals surface area contributed by atoms with Crippen molar-refractivity contribution in [2.24, 2.45) is 11.3 Å². The van der Waals surface area contributed by atoms with Gasteiger partial charge in [0.05, 0.1) is 0 Å². The summed E-state index contributed by atoms with van der Waals surface area (Å²) in [7, 11) is 0. The van der Waals surface area contributed by atoms with Gasteiger partial charge in [0, 0.05) is 45.4 Å². The SMILES string of the molecule is CC1CCC(N2CCN(C(=O)NCCCC(C)(C)CO)CC2)CC1. The van der Waals surface area contributed by atoms with Gasteiger partial charge in [-0.3, -0.25) is 4.90 Å². The summed E-state index contributed by atoms with van der Waals surface area (Å²) in [6, 6.07) is 0.820. The summed E-state index contributed by atoms with van der Waals surface area (Å²) >= 11 is 0. The maximum Gasteiger partial charge on any atom is 0.317 e. The van der Waals surface area contributed by atoms with Crippen LogP contribution in [-0.2, 0) is 0 Å². The molecule has 0 unspecified atom stereocenters. The number of carbonyl (C=O) groups excluding carboxylic acids is 1. The number of urea groups is 1. The van der Waals surface area contributed by atoms with Crippen LogP contribution in [0, 0.1) is 11.3 Å². The first kappa shape index (κ1) is 19.5. The van der Waals surface area contributed by atoms with Gasteiger partial charge in [-0.05, 0) is 49.9 Å². The normalized spacial score (nSPS) is 26.4. The first-order valence-corrected chi connectivity index (χ1v) is 9.79. The Morgan fingerprint density at radius 3 is 2.33 bits per heavy atom. The molecule has 2 amide bonds. The average molecular weight is 340 g/mol. The number of piperazine rings is 1. The zero-order valence-corrected chi connectivity index (χ0v) is 15.9. The minimum Gasteiger partial charge on any atom is -0.396 e. The van der Waals surface area contributed by atoms with Crippen LogP contribution in [0.1, 0.15) is 59.3 Å². The van der Waals surface area contributed by atoms with Crippen LogP contribution in [0.3, 0.4) is 0 Å². The maximum absolute atomic E-state index is 12.3. The lowest BCUT2D eigenvalue weighted by atomic mass is 9.86. The Morgan fingerprint density at radius 1 is 1.12 bits per heavy atom. The Hall–Kier alpha value is -0.810. The van der Waals surface area contributed by atoms with Crippen molar-refractivity contribution in [2.75, 3.05) is 39.3 Å². The summed E-state index contributed by atoms with van der Waals surface area (Å²) in [5.41, 5.74) is -0.0478. The predicted octanol–water partition coefficient (Wildman–Crippen LogP) is 2.69. The van der Waals surface area contributed by atoms with E-state index in [9.17, 15) is 9.90 Å². The molecule has 5 nitrogen and oxygen atoms in total. The second-order valence-corrected chi connectivity index (χ2v) is 8.59. The minimum absolute atomic E-state index is 0.0478. The van der Waals surface area contributed by atoms with E-state index >= 15 is 0 Å². The highest BCUT2D eigenvalue weighted by atomic mass is 16.3. The molecule has 1 saturated carbocycles. The standard InChI is InChI=1S/C19H37N3O2/c1-16-5-7-17(8-6-16)21-11-13-22(14-12-21)18(24)20-10-4-9-19(2,3)15-23/h16-17,23H,4-15H2,1-3H3,(H,20,24). The fourth-order valence-electron chi connectivity index (χ4n) is 3.85. The molecule has 2 fully saturated rings. The van der Waals surface area contributed by atoms with Crippen LogP contribution in [0.4, 0.5) is 4.79 Å². The topological polar surface area (TPSA) is 55.8 Å². The van der Waals surface area contributed by atoms with Crippen molar-refractivity contribution >= 4 is 6.03 Å². The Balaban J connectivity index is 1.62. The van der Waals surface area contributed by atoms with E-state index in [-0.39, 0.29) is 18.1 Å². The Labute approximate surface area is 147 Å². The Kier molecular flexibility index (Phi) is 7.35. The second kappa shape index (κ2) is 9.04. The van der Waals surface area contributed by atoms with Crippen LogP contribution in [0.25, 0.3) is 0 Å². The van der Waals surface area contributed by atoms with E-state index in [0.29, 0.717) is 6.54 Å². The molecule has 1 saturated heterocycles. The van der Waals surface area contributed by atoms with Crippen LogP contribution in [0.5, 0.6) is 0 Å². The molecule has 2 N–H and O–H groups in total. The molecule has 1 aliphatic carbocycles. The van der Waals surface area contributed by atoms with E-state index in [1.807, 2.05) is 4.90 Å². The molecule has 2 rings (SSSR count). The van der Waals surface area contributed by atoms with E-state index in [2.05, 4.69) is 31.0 Å². The monoisotopic (exact) mass is 339 g/mol. The van der Waals surface area contributed by atoms with Crippen LogP contribution < -0.4 is 5.32 Å². The number of aliphatic hydroxyl groups excluding tert-OH is 1. The largest absolute Gasteiger partial charge is 0.396 e. The fraction of sp³-hybridized carbons (Fsp3) is 0.947. The van der Waals surface area contributed by atoms with Crippen LogP contribution in [0.2, 0.25) is 0 Å². The first-order valence-electron chi connectivity index (χ1n) is 9.79. The molecule has 5 heteroatoms. The molecular weight excluding hydrogens is 302 g/mol. The zero-order valence-electron chi connectivity index (χ0n) is 15.9. The molecule has 0 spiro atoms. The van der Waals surface area contributed by atoms with E-state index in [4.69, 9.17) is 0 Å². The molecule has 24 heavy (non-hydrogen) atoms. The smallest absolute Gasteiger partial charge is 0.317 e. The van der Waals surface area contributed by atoms with Crippen LogP contribution in [-0.4, -0.2) is 66.3 Å². The molecule has 0 aromatic heterocycles. The number of amides is 2. The molecule has 0 aromatic carbocycles. The molecule has 0 bridgehead atoms. The Morgan fingerprint density at radius 2 is 1.75 bits per heavy atom. The number of nitrogens with zero attached hydrogens (tertiary/aromatic N) is 2. The molecule has 1 aliphatic heterocycles. The van der Waals surface area contributed by atoms with Crippen molar-refractivity contribution in [3.63, 3.8) is 0 Å². The summed E-state index contributed by atoms with van der Waals surface area (Å²) in [6.07, 6.45) is 7.21. The number of aliphatic hydroxyl groups is 1. The van der Waals surface area contributed by atoms with Gasteiger partial charge in [0.2, 0.25) is 0 Å². The molecule has 0 atom stereocenters. The third-order valence-corrected chi connectivity index (χ3v) is 5.84. The van der Waals surface area contributed by atoms with Crippen molar-refractivity contribution in [3.05, 3.63) is 0 Å². The van der Waals surface area contributed by atoms with Gasteiger partial charge in [-0.25, -0.2) is 4.79 Å². The van der Waals surface area contributed by atoms with Gasteiger partial charge in [-0.1, -0.05) is 20.8 Å². The second-order valence-electron chi connectivity index (χ2n) is 8.59. The van der Waals surface area contributed by atoms with Gasteiger partial charge < -0.3 is 15.3 Å². The van der Waals surface area contributed by atoms with Gasteiger partial charge >= 0.3 is 6.03 Å². The van der Waals surface area contributed by atoms with Gasteiger partial charge in [0.1, 0.15) is 0 Å². The first-order chi connectivity index (χ1) is 11.4. The highest BCUT2D eigenvalue weighted by Crippen LogP contribution is 2.27. The third kappa shape index (κ3) is 5.92. The van der Waals surface area contributed by atoms with E-state index in [1.165, 1.54) is 25.7 Å². The summed E-state index contributed by atoms with van der Waals surface area (Å²) in [6.45, 7) is 11.1. The summed E-state index contributed by atoms with van der Waals surface area (Å²) in [5, 5.41) is 12.3. The van der Waals surface area contributed by atoms with Crippen molar-refractivity contribution in [1.29, 1.82) is 0 Å². The van der Waals surface area contributed by atoms with Gasteiger partial charge in [0.15, 0.2) is 0 Å².